The first-order chi connectivity index (χ1) is 11.5. The monoisotopic (exact) mass is 396 g/mol. The van der Waals surface area contributed by atoms with Crippen molar-refractivity contribution in [2.24, 2.45) is 5.10 Å². The van der Waals surface area contributed by atoms with E-state index in [-0.39, 0.29) is 0 Å². The van der Waals surface area contributed by atoms with Crippen LogP contribution in [0.25, 0.3) is 0 Å². The van der Waals surface area contributed by atoms with Crippen molar-refractivity contribution < 1.29 is 0 Å². The summed E-state index contributed by atoms with van der Waals surface area (Å²) in [7, 11) is 0. The maximum Gasteiger partial charge on any atom is 0.212 e. The molecular weight excluding hydrogens is 383 g/mol. The van der Waals surface area contributed by atoms with Gasteiger partial charge in [0.1, 0.15) is 0 Å². The van der Waals surface area contributed by atoms with E-state index in [2.05, 4.69) is 28.3 Å². The molecule has 0 radical (unpaired) electrons. The van der Waals surface area contributed by atoms with Crippen molar-refractivity contribution in [2.75, 3.05) is 0 Å². The zero-order chi connectivity index (χ0) is 17.1. The summed E-state index contributed by atoms with van der Waals surface area (Å²) in [6.07, 6.45) is 1.84. The Hall–Kier alpha value is -1.34. The van der Waals surface area contributed by atoms with E-state index in [9.17, 15) is 0 Å². The summed E-state index contributed by atoms with van der Waals surface area (Å²) < 4.78 is 1.74. The van der Waals surface area contributed by atoms with Crippen molar-refractivity contribution in [3.8, 4) is 0 Å². The Morgan fingerprint density at radius 3 is 2.79 bits per heavy atom. The average molecular weight is 397 g/mol. The molecule has 0 spiro atoms. The van der Waals surface area contributed by atoms with Crippen molar-refractivity contribution >= 4 is 52.5 Å². The summed E-state index contributed by atoms with van der Waals surface area (Å²) in [4.78, 5) is 1.12. The van der Waals surface area contributed by atoms with Crippen LogP contribution in [0.2, 0.25) is 10.0 Å². The molecule has 0 atom stereocenters. The molecule has 124 valence electrons. The molecule has 8 heteroatoms. The number of rotatable bonds is 5. The minimum Gasteiger partial charge on any atom is -0.192 e. The second kappa shape index (κ2) is 7.70. The Bertz CT molecular complexity index is 886. The Balaban J connectivity index is 1.77. The molecule has 0 unspecified atom stereocenters. The molecule has 1 aromatic carbocycles. The number of aromatic nitrogens is 3. The van der Waals surface area contributed by atoms with Gasteiger partial charge in [0, 0.05) is 15.8 Å². The van der Waals surface area contributed by atoms with Crippen molar-refractivity contribution in [1.29, 1.82) is 0 Å². The highest BCUT2D eigenvalue weighted by atomic mass is 35.5. The van der Waals surface area contributed by atoms with E-state index in [1.165, 1.54) is 17.3 Å². The lowest BCUT2D eigenvalue weighted by Crippen LogP contribution is -1.96. The molecule has 0 amide bonds. The largest absolute Gasteiger partial charge is 0.212 e. The molecule has 3 rings (SSSR count). The molecule has 24 heavy (non-hydrogen) atoms. The van der Waals surface area contributed by atoms with Crippen LogP contribution in [0.1, 0.15) is 21.8 Å². The van der Waals surface area contributed by atoms with Gasteiger partial charge < -0.3 is 0 Å². The maximum atomic E-state index is 6.22. The Morgan fingerprint density at radius 2 is 2.08 bits per heavy atom. The molecule has 0 aliphatic carbocycles. The van der Waals surface area contributed by atoms with Crippen LogP contribution in [0.4, 0.5) is 0 Å². The van der Waals surface area contributed by atoms with Gasteiger partial charge in [-0.3, -0.25) is 0 Å². The number of thiophene rings is 1. The molecule has 2 heterocycles. The fourth-order valence-corrected chi connectivity index (χ4v) is 4.24. The molecule has 0 N–H and O–H groups in total. The highest BCUT2D eigenvalue weighted by molar-refractivity contribution is 7.98. The lowest BCUT2D eigenvalue weighted by molar-refractivity contribution is 0.744. The Labute approximate surface area is 158 Å². The minimum atomic E-state index is 0.628. The van der Waals surface area contributed by atoms with E-state index in [0.29, 0.717) is 15.8 Å². The van der Waals surface area contributed by atoms with Crippen LogP contribution in [0.3, 0.4) is 0 Å². The molecule has 0 aliphatic rings. The van der Waals surface area contributed by atoms with Gasteiger partial charge in [0.05, 0.1) is 11.1 Å². The first-order valence-corrected chi connectivity index (χ1v) is 9.74. The first kappa shape index (κ1) is 17.5. The molecule has 0 fully saturated rings. The third-order valence-electron chi connectivity index (χ3n) is 3.33. The molecule has 0 saturated heterocycles. The Kier molecular flexibility index (Phi) is 5.61. The average Bonchev–Trinajstić information content (AvgIpc) is 3.10. The van der Waals surface area contributed by atoms with E-state index in [1.54, 1.807) is 22.1 Å². The molecule has 0 aliphatic heterocycles. The maximum absolute atomic E-state index is 6.22. The number of hydrogen-bond donors (Lipinski definition) is 0. The number of aryl methyl sites for hydroxylation is 2. The van der Waals surface area contributed by atoms with Crippen LogP contribution in [0.15, 0.2) is 39.9 Å². The number of halogens is 2. The van der Waals surface area contributed by atoms with Crippen LogP contribution in [0.5, 0.6) is 0 Å². The zero-order valence-electron chi connectivity index (χ0n) is 13.0. The van der Waals surface area contributed by atoms with E-state index in [0.717, 1.165) is 21.4 Å². The van der Waals surface area contributed by atoms with E-state index in [1.807, 2.05) is 30.7 Å². The van der Waals surface area contributed by atoms with Crippen LogP contribution < -0.4 is 0 Å². The topological polar surface area (TPSA) is 43.1 Å². The minimum absolute atomic E-state index is 0.628. The number of nitrogens with zero attached hydrogens (tertiary/aromatic N) is 4. The molecule has 2 aromatic heterocycles. The molecular formula is C16H14Cl2N4S2. The van der Waals surface area contributed by atoms with Gasteiger partial charge in [-0.25, -0.2) is 0 Å². The van der Waals surface area contributed by atoms with E-state index < -0.39 is 0 Å². The zero-order valence-corrected chi connectivity index (χ0v) is 16.2. The van der Waals surface area contributed by atoms with Crippen LogP contribution >= 0.6 is 46.3 Å². The smallest absolute Gasteiger partial charge is 0.192 e. The highest BCUT2D eigenvalue weighted by Crippen LogP contribution is 2.28. The predicted octanol–water partition coefficient (Wildman–Crippen LogP) is 5.44. The number of thioether (sulfide) groups is 1. The third-order valence-corrected chi connectivity index (χ3v) is 5.84. The van der Waals surface area contributed by atoms with E-state index >= 15 is 0 Å². The van der Waals surface area contributed by atoms with Gasteiger partial charge in [-0.2, -0.15) is 9.78 Å². The predicted molar refractivity (Wildman–Crippen MR) is 103 cm³/mol. The van der Waals surface area contributed by atoms with Gasteiger partial charge in [-0.1, -0.05) is 41.0 Å². The quantitative estimate of drug-likeness (QED) is 0.425. The summed E-state index contributed by atoms with van der Waals surface area (Å²) in [5, 5.41) is 16.9. The summed E-state index contributed by atoms with van der Waals surface area (Å²) in [5.41, 5.74) is 2.20. The van der Waals surface area contributed by atoms with Crippen molar-refractivity contribution in [1.82, 2.24) is 14.9 Å². The number of benzene rings is 1. The second-order valence-corrected chi connectivity index (χ2v) is 7.81. The standard InChI is InChI=1S/C16H14Cl2N4S2/c1-10-5-6-23-15(10)8-19-22-11(2)20-21-16(22)24-9-12-3-4-13(17)7-14(12)18/h3-8H,9H2,1-2H3/b19-8-. The van der Waals surface area contributed by atoms with Gasteiger partial charge in [0.25, 0.3) is 0 Å². The first-order valence-electron chi connectivity index (χ1n) is 7.12. The fourth-order valence-electron chi connectivity index (χ4n) is 1.97. The van der Waals surface area contributed by atoms with Gasteiger partial charge in [0.2, 0.25) is 5.16 Å². The summed E-state index contributed by atoms with van der Waals surface area (Å²) in [5.74, 6) is 1.41. The van der Waals surface area contributed by atoms with Crippen molar-refractivity contribution in [2.45, 2.75) is 24.8 Å². The van der Waals surface area contributed by atoms with Gasteiger partial charge in [-0.05, 0) is 48.6 Å². The lowest BCUT2D eigenvalue weighted by atomic mass is 10.2. The van der Waals surface area contributed by atoms with E-state index in [4.69, 9.17) is 23.2 Å². The molecule has 3 aromatic rings. The Morgan fingerprint density at radius 1 is 1.25 bits per heavy atom. The summed E-state index contributed by atoms with van der Waals surface area (Å²) in [6.45, 7) is 3.94. The van der Waals surface area contributed by atoms with Gasteiger partial charge in [0.15, 0.2) is 5.82 Å². The normalized spacial score (nSPS) is 11.5. The highest BCUT2D eigenvalue weighted by Gasteiger charge is 2.10. The van der Waals surface area contributed by atoms with Crippen LogP contribution in [0, 0.1) is 13.8 Å². The SMILES string of the molecule is Cc1ccsc1/C=N\n1c(C)nnc1SCc1ccc(Cl)cc1Cl. The van der Waals surface area contributed by atoms with Crippen molar-refractivity contribution in [3.05, 3.63) is 61.5 Å². The lowest BCUT2D eigenvalue weighted by Gasteiger charge is -2.05. The molecule has 0 bridgehead atoms. The summed E-state index contributed by atoms with van der Waals surface area (Å²) >= 11 is 15.3. The molecule has 0 saturated carbocycles. The summed E-state index contributed by atoms with van der Waals surface area (Å²) in [6, 6.07) is 7.57. The van der Waals surface area contributed by atoms with Gasteiger partial charge >= 0.3 is 0 Å². The molecule has 4 nitrogen and oxygen atoms in total. The fraction of sp³-hybridized carbons (Fsp3) is 0.188. The number of hydrogen-bond acceptors (Lipinski definition) is 5. The van der Waals surface area contributed by atoms with Crippen molar-refractivity contribution in [3.63, 3.8) is 0 Å². The van der Waals surface area contributed by atoms with Crippen LogP contribution in [-0.4, -0.2) is 21.1 Å². The van der Waals surface area contributed by atoms with Crippen LogP contribution in [-0.2, 0) is 5.75 Å². The second-order valence-electron chi connectivity index (χ2n) is 5.08. The third kappa shape index (κ3) is 4.00. The van der Waals surface area contributed by atoms with Gasteiger partial charge in [-0.15, -0.1) is 21.5 Å².